The van der Waals surface area contributed by atoms with Crippen LogP contribution in [0.1, 0.15) is 36.4 Å². The molecule has 1 heterocycles. The SMILES string of the molecule is Cc1ccnc(NCCCC(=O)NCC(=O)NC(CC(=O)O)c2ccccc2[N+](=O)[O-])c1.O=C(O)C(F)(F)F. The maximum Gasteiger partial charge on any atom is 0.490 e. The van der Waals surface area contributed by atoms with Crippen LogP contribution < -0.4 is 16.0 Å². The van der Waals surface area contributed by atoms with Crippen LogP contribution in [0.5, 0.6) is 0 Å². The van der Waals surface area contributed by atoms with Crippen molar-refractivity contribution >= 4 is 35.3 Å². The van der Waals surface area contributed by atoms with Crippen LogP contribution in [0.15, 0.2) is 42.6 Å². The molecule has 0 aliphatic heterocycles. The lowest BCUT2D eigenvalue weighted by molar-refractivity contribution is -0.385. The molecule has 1 aromatic heterocycles. The van der Waals surface area contributed by atoms with E-state index in [2.05, 4.69) is 20.9 Å². The first-order valence-electron chi connectivity index (χ1n) is 11.2. The number of alkyl halides is 3. The van der Waals surface area contributed by atoms with Crippen LogP contribution in [0.25, 0.3) is 0 Å². The normalized spacial score (nSPS) is 11.3. The van der Waals surface area contributed by atoms with Crippen molar-refractivity contribution in [3.05, 3.63) is 63.8 Å². The number of hydrogen-bond donors (Lipinski definition) is 5. The second-order valence-electron chi connectivity index (χ2n) is 7.86. The number of benzene rings is 1. The fourth-order valence-electron chi connectivity index (χ4n) is 2.97. The van der Waals surface area contributed by atoms with E-state index >= 15 is 0 Å². The van der Waals surface area contributed by atoms with Crippen LogP contribution in [-0.2, 0) is 19.2 Å². The fraction of sp³-hybridized carbons (Fsp3) is 0.348. The average molecular weight is 557 g/mol. The zero-order chi connectivity index (χ0) is 29.6. The Hall–Kier alpha value is -4.76. The number of aliphatic carboxylic acids is 2. The van der Waals surface area contributed by atoms with Gasteiger partial charge in [0, 0.05) is 25.2 Å². The number of nitro groups is 1. The molecule has 0 aliphatic rings. The lowest BCUT2D eigenvalue weighted by Crippen LogP contribution is -2.39. The van der Waals surface area contributed by atoms with Crippen LogP contribution >= 0.6 is 0 Å². The lowest BCUT2D eigenvalue weighted by Gasteiger charge is -2.17. The van der Waals surface area contributed by atoms with E-state index in [4.69, 9.17) is 15.0 Å². The molecule has 2 amide bonds. The average Bonchev–Trinajstić information content (AvgIpc) is 2.84. The summed E-state index contributed by atoms with van der Waals surface area (Å²) in [7, 11) is 0. The molecule has 0 radical (unpaired) electrons. The Morgan fingerprint density at radius 2 is 1.74 bits per heavy atom. The van der Waals surface area contributed by atoms with Gasteiger partial charge >= 0.3 is 18.1 Å². The van der Waals surface area contributed by atoms with Gasteiger partial charge in [-0.3, -0.25) is 24.5 Å². The monoisotopic (exact) mass is 557 g/mol. The summed E-state index contributed by atoms with van der Waals surface area (Å²) in [5.41, 5.74) is 0.849. The van der Waals surface area contributed by atoms with Crippen molar-refractivity contribution < 1.29 is 47.5 Å². The van der Waals surface area contributed by atoms with Gasteiger partial charge in [-0.05, 0) is 31.0 Å². The minimum atomic E-state index is -5.08. The fourth-order valence-corrected chi connectivity index (χ4v) is 2.97. The summed E-state index contributed by atoms with van der Waals surface area (Å²) >= 11 is 0. The molecule has 1 atom stereocenters. The Kier molecular flexibility index (Phi) is 12.8. The van der Waals surface area contributed by atoms with E-state index in [1.54, 1.807) is 6.20 Å². The maximum absolute atomic E-state index is 12.2. The zero-order valence-electron chi connectivity index (χ0n) is 20.5. The summed E-state index contributed by atoms with van der Waals surface area (Å²) in [5.74, 6) is -4.27. The number of anilines is 1. The quantitative estimate of drug-likeness (QED) is 0.147. The third-order valence-electron chi connectivity index (χ3n) is 4.71. The molecule has 5 N–H and O–H groups in total. The van der Waals surface area contributed by atoms with Gasteiger partial charge in [-0.2, -0.15) is 13.2 Å². The Bertz CT molecular complexity index is 1180. The first-order chi connectivity index (χ1) is 18.2. The molecule has 13 nitrogen and oxygen atoms in total. The van der Waals surface area contributed by atoms with Gasteiger partial charge in [0.15, 0.2) is 0 Å². The van der Waals surface area contributed by atoms with Crippen molar-refractivity contribution in [1.82, 2.24) is 15.6 Å². The first kappa shape index (κ1) is 32.3. The van der Waals surface area contributed by atoms with Crippen molar-refractivity contribution in [3.8, 4) is 0 Å². The molecular formula is C23H26F3N5O8. The van der Waals surface area contributed by atoms with Crippen LogP contribution in [0, 0.1) is 17.0 Å². The molecule has 0 aliphatic carbocycles. The molecule has 0 bridgehead atoms. The molecule has 0 saturated heterocycles. The minimum absolute atomic E-state index is 0.0791. The molecule has 2 rings (SSSR count). The minimum Gasteiger partial charge on any atom is -0.481 e. The predicted octanol–water partition coefficient (Wildman–Crippen LogP) is 2.57. The van der Waals surface area contributed by atoms with Crippen molar-refractivity contribution in [3.63, 3.8) is 0 Å². The number of amides is 2. The molecule has 0 fully saturated rings. The molecule has 16 heteroatoms. The molecule has 0 spiro atoms. The number of carbonyl (C=O) groups is 4. The summed E-state index contributed by atoms with van der Waals surface area (Å²) < 4.78 is 31.7. The predicted molar refractivity (Wildman–Crippen MR) is 130 cm³/mol. The molecule has 1 unspecified atom stereocenters. The second kappa shape index (κ2) is 15.5. The van der Waals surface area contributed by atoms with Gasteiger partial charge in [0.1, 0.15) is 5.82 Å². The Labute approximate surface area is 219 Å². The summed E-state index contributed by atoms with van der Waals surface area (Å²) in [5, 5.41) is 35.5. The third-order valence-corrected chi connectivity index (χ3v) is 4.71. The van der Waals surface area contributed by atoms with E-state index in [1.807, 2.05) is 19.1 Å². The summed E-state index contributed by atoms with van der Waals surface area (Å²) in [6.07, 6.45) is -3.25. The number of carbonyl (C=O) groups excluding carboxylic acids is 2. The topological polar surface area (TPSA) is 201 Å². The summed E-state index contributed by atoms with van der Waals surface area (Å²) in [6.45, 7) is 2.10. The number of aryl methyl sites for hydroxylation is 1. The van der Waals surface area contributed by atoms with E-state index in [1.165, 1.54) is 24.3 Å². The number of rotatable bonds is 12. The van der Waals surface area contributed by atoms with Gasteiger partial charge in [-0.15, -0.1) is 0 Å². The van der Waals surface area contributed by atoms with Gasteiger partial charge < -0.3 is 26.2 Å². The van der Waals surface area contributed by atoms with Crippen LogP contribution in [-0.4, -0.2) is 63.1 Å². The summed E-state index contributed by atoms with van der Waals surface area (Å²) in [4.78, 5) is 59.0. The highest BCUT2D eigenvalue weighted by molar-refractivity contribution is 5.85. The number of nitrogens with zero attached hydrogens (tertiary/aromatic N) is 2. The highest BCUT2D eigenvalue weighted by atomic mass is 19.4. The van der Waals surface area contributed by atoms with Gasteiger partial charge in [0.05, 0.1) is 29.5 Å². The second-order valence-corrected chi connectivity index (χ2v) is 7.86. The van der Waals surface area contributed by atoms with Crippen molar-refractivity contribution in [2.75, 3.05) is 18.4 Å². The van der Waals surface area contributed by atoms with E-state index in [9.17, 15) is 37.7 Å². The van der Waals surface area contributed by atoms with Crippen LogP contribution in [0.2, 0.25) is 0 Å². The number of nitro benzene ring substituents is 1. The maximum atomic E-state index is 12.2. The zero-order valence-corrected chi connectivity index (χ0v) is 20.5. The van der Waals surface area contributed by atoms with Crippen molar-refractivity contribution in [2.24, 2.45) is 0 Å². The number of pyridine rings is 1. The molecule has 2 aromatic rings. The van der Waals surface area contributed by atoms with Gasteiger partial charge in [-0.25, -0.2) is 9.78 Å². The highest BCUT2D eigenvalue weighted by Gasteiger charge is 2.38. The van der Waals surface area contributed by atoms with Crippen molar-refractivity contribution in [1.29, 1.82) is 0 Å². The third kappa shape index (κ3) is 12.9. The smallest absolute Gasteiger partial charge is 0.481 e. The molecular weight excluding hydrogens is 531 g/mol. The van der Waals surface area contributed by atoms with E-state index in [0.717, 1.165) is 5.56 Å². The number of nitrogens with one attached hydrogen (secondary N) is 3. The number of halogens is 3. The van der Waals surface area contributed by atoms with Crippen LogP contribution in [0.4, 0.5) is 24.7 Å². The largest absolute Gasteiger partial charge is 0.490 e. The molecule has 212 valence electrons. The summed E-state index contributed by atoms with van der Waals surface area (Å²) in [6, 6.07) is 8.25. The molecule has 0 saturated carbocycles. The number of hydrogen-bond acceptors (Lipinski definition) is 8. The lowest BCUT2D eigenvalue weighted by atomic mass is 10.0. The molecule has 1 aromatic carbocycles. The Morgan fingerprint density at radius 3 is 2.31 bits per heavy atom. The van der Waals surface area contributed by atoms with Gasteiger partial charge in [0.25, 0.3) is 5.69 Å². The van der Waals surface area contributed by atoms with Crippen LogP contribution in [0.3, 0.4) is 0 Å². The number of aromatic nitrogens is 1. The number of carboxylic acids is 2. The van der Waals surface area contributed by atoms with E-state index < -0.39 is 41.4 Å². The number of para-hydroxylation sites is 1. The highest BCUT2D eigenvalue weighted by Crippen LogP contribution is 2.27. The standard InChI is InChI=1S/C21H25N5O6.C2HF3O2/c1-14-8-10-23-18(11-14)22-9-4-7-19(27)24-13-20(28)25-16(12-21(29)30)15-5-2-3-6-17(15)26(31)32;3-2(4,5)1(6)7/h2-3,5-6,8,10-11,16H,4,7,9,12-13H2,1H3,(H,22,23)(H,24,27)(H,25,28)(H,29,30);(H,6,7). The van der Waals surface area contributed by atoms with Gasteiger partial charge in [-0.1, -0.05) is 18.2 Å². The van der Waals surface area contributed by atoms with Crippen molar-refractivity contribution in [2.45, 2.75) is 38.4 Å². The van der Waals surface area contributed by atoms with E-state index in [-0.39, 0.29) is 30.1 Å². The molecule has 39 heavy (non-hydrogen) atoms. The van der Waals surface area contributed by atoms with E-state index in [0.29, 0.717) is 18.8 Å². The number of carboxylic acid groups (broad SMARTS) is 2. The van der Waals surface area contributed by atoms with Gasteiger partial charge in [0.2, 0.25) is 11.8 Å². The first-order valence-corrected chi connectivity index (χ1v) is 11.2. The Morgan fingerprint density at radius 1 is 1.10 bits per heavy atom. The Balaban J connectivity index is 0.000000956.